The first kappa shape index (κ1) is 22.2. The van der Waals surface area contributed by atoms with E-state index in [2.05, 4.69) is 20.6 Å². The molecule has 4 aromatic rings. The highest BCUT2D eigenvalue weighted by Gasteiger charge is 2.30. The fourth-order valence-electron chi connectivity index (χ4n) is 3.61. The molecule has 3 N–H and O–H groups in total. The van der Waals surface area contributed by atoms with Crippen LogP contribution in [0.2, 0.25) is 0 Å². The summed E-state index contributed by atoms with van der Waals surface area (Å²) in [4.78, 5) is 22.4. The fourth-order valence-corrected chi connectivity index (χ4v) is 3.61. The van der Waals surface area contributed by atoms with E-state index in [-0.39, 0.29) is 5.91 Å². The number of hydrogen-bond acceptors (Lipinski definition) is 4. The maximum Gasteiger partial charge on any atom is 0.416 e. The Morgan fingerprint density at radius 2 is 1.82 bits per heavy atom. The van der Waals surface area contributed by atoms with Crippen molar-refractivity contribution < 1.29 is 18.0 Å². The number of carbonyl (C=O) groups excluding carboxylic acids is 1. The molecule has 4 rings (SSSR count). The SMILES string of the molecule is Cc1ccc(Nc2cccc(C(F)(F)F)c2)cc1NC(=O)c1cnc2[nH]ccc2c1N(C)C. The Hall–Kier alpha value is -4.01. The van der Waals surface area contributed by atoms with Crippen LogP contribution in [-0.2, 0) is 6.18 Å². The molecule has 1 amide bonds. The summed E-state index contributed by atoms with van der Waals surface area (Å²) in [6, 6.07) is 12.0. The quantitative estimate of drug-likeness (QED) is 0.349. The van der Waals surface area contributed by atoms with Crippen molar-refractivity contribution in [3.63, 3.8) is 0 Å². The minimum atomic E-state index is -4.43. The van der Waals surface area contributed by atoms with Crippen molar-refractivity contribution in [3.8, 4) is 0 Å². The highest BCUT2D eigenvalue weighted by atomic mass is 19.4. The lowest BCUT2D eigenvalue weighted by Gasteiger charge is -2.19. The van der Waals surface area contributed by atoms with Crippen LogP contribution >= 0.6 is 0 Å². The van der Waals surface area contributed by atoms with Crippen molar-refractivity contribution >= 4 is 39.7 Å². The molecule has 2 heterocycles. The average Bonchev–Trinajstić information content (AvgIpc) is 3.23. The molecule has 0 aliphatic heterocycles. The minimum Gasteiger partial charge on any atom is -0.376 e. The summed E-state index contributed by atoms with van der Waals surface area (Å²) < 4.78 is 39.0. The van der Waals surface area contributed by atoms with Crippen molar-refractivity contribution in [1.82, 2.24) is 9.97 Å². The largest absolute Gasteiger partial charge is 0.416 e. The Balaban J connectivity index is 1.61. The van der Waals surface area contributed by atoms with Crippen molar-refractivity contribution in [3.05, 3.63) is 77.6 Å². The van der Waals surface area contributed by atoms with Gasteiger partial charge in [-0.25, -0.2) is 4.98 Å². The van der Waals surface area contributed by atoms with Gasteiger partial charge in [0.05, 0.1) is 16.8 Å². The number of nitrogens with one attached hydrogen (secondary N) is 3. The second-order valence-corrected chi connectivity index (χ2v) is 7.84. The standard InChI is InChI=1S/C24H22F3N5O/c1-14-7-8-17(30-16-6-4-5-15(11-16)24(25,26)27)12-20(14)31-23(33)19-13-29-22-18(9-10-28-22)21(19)32(2)3/h4-13,30H,1-3H3,(H,28,29)(H,31,33). The Morgan fingerprint density at radius 1 is 1.06 bits per heavy atom. The zero-order valence-electron chi connectivity index (χ0n) is 18.2. The third kappa shape index (κ3) is 4.62. The average molecular weight is 453 g/mol. The number of amides is 1. The van der Waals surface area contributed by atoms with Crippen molar-refractivity contribution in [2.45, 2.75) is 13.1 Å². The summed E-state index contributed by atoms with van der Waals surface area (Å²) in [5.41, 5.74) is 3.26. The van der Waals surface area contributed by atoms with Crippen LogP contribution in [0, 0.1) is 6.92 Å². The van der Waals surface area contributed by atoms with Crippen molar-refractivity contribution in [2.24, 2.45) is 0 Å². The second-order valence-electron chi connectivity index (χ2n) is 7.84. The van der Waals surface area contributed by atoms with Crippen LogP contribution in [0.25, 0.3) is 11.0 Å². The molecule has 2 aromatic heterocycles. The molecule has 0 spiro atoms. The van der Waals surface area contributed by atoms with Crippen molar-refractivity contribution in [2.75, 3.05) is 29.6 Å². The van der Waals surface area contributed by atoms with E-state index >= 15 is 0 Å². The van der Waals surface area contributed by atoms with Crippen LogP contribution < -0.4 is 15.5 Å². The second kappa shape index (κ2) is 8.50. The van der Waals surface area contributed by atoms with E-state index in [1.54, 1.807) is 30.5 Å². The van der Waals surface area contributed by atoms with Gasteiger partial charge in [-0.1, -0.05) is 12.1 Å². The first-order chi connectivity index (χ1) is 15.6. The number of nitrogens with zero attached hydrogens (tertiary/aromatic N) is 2. The first-order valence-corrected chi connectivity index (χ1v) is 10.1. The lowest BCUT2D eigenvalue weighted by atomic mass is 10.1. The van der Waals surface area contributed by atoms with E-state index in [1.165, 1.54) is 12.3 Å². The number of rotatable bonds is 5. The van der Waals surface area contributed by atoms with E-state index in [0.29, 0.717) is 28.3 Å². The fraction of sp³-hybridized carbons (Fsp3) is 0.167. The van der Waals surface area contributed by atoms with Gasteiger partial charge >= 0.3 is 6.18 Å². The van der Waals surface area contributed by atoms with E-state index < -0.39 is 11.7 Å². The Morgan fingerprint density at radius 3 is 2.55 bits per heavy atom. The number of H-pyrrole nitrogens is 1. The van der Waals surface area contributed by atoms with Gasteiger partial charge < -0.3 is 20.5 Å². The third-order valence-corrected chi connectivity index (χ3v) is 5.21. The number of anilines is 4. The number of halogens is 3. The van der Waals surface area contributed by atoms with Crippen LogP contribution in [0.4, 0.5) is 35.9 Å². The molecule has 0 bridgehead atoms. The molecule has 33 heavy (non-hydrogen) atoms. The van der Waals surface area contributed by atoms with Crippen LogP contribution in [0.3, 0.4) is 0 Å². The summed E-state index contributed by atoms with van der Waals surface area (Å²) in [5.74, 6) is -0.339. The number of aryl methyl sites for hydroxylation is 1. The Bertz CT molecular complexity index is 1330. The lowest BCUT2D eigenvalue weighted by Crippen LogP contribution is -2.19. The summed E-state index contributed by atoms with van der Waals surface area (Å²) in [6.07, 6.45) is -1.15. The van der Waals surface area contributed by atoms with Crippen LogP contribution in [0.5, 0.6) is 0 Å². The van der Waals surface area contributed by atoms with E-state index in [9.17, 15) is 18.0 Å². The highest BCUT2D eigenvalue weighted by Crippen LogP contribution is 2.32. The maximum absolute atomic E-state index is 13.1. The number of aromatic amines is 1. The number of benzene rings is 2. The molecule has 0 unspecified atom stereocenters. The monoisotopic (exact) mass is 453 g/mol. The molecule has 0 aliphatic carbocycles. The van der Waals surface area contributed by atoms with Gasteiger partial charge in [-0.2, -0.15) is 13.2 Å². The molecule has 0 saturated carbocycles. The van der Waals surface area contributed by atoms with Gasteiger partial charge in [0.25, 0.3) is 5.91 Å². The zero-order valence-corrected chi connectivity index (χ0v) is 18.2. The van der Waals surface area contributed by atoms with E-state index in [0.717, 1.165) is 28.8 Å². The topological polar surface area (TPSA) is 73.0 Å². The van der Waals surface area contributed by atoms with E-state index in [1.807, 2.05) is 32.0 Å². The summed E-state index contributed by atoms with van der Waals surface area (Å²) >= 11 is 0. The van der Waals surface area contributed by atoms with Gasteiger partial charge in [-0.3, -0.25) is 4.79 Å². The molecule has 0 radical (unpaired) electrons. The molecule has 0 fully saturated rings. The third-order valence-electron chi connectivity index (χ3n) is 5.21. The van der Waals surface area contributed by atoms with E-state index in [4.69, 9.17) is 0 Å². The predicted molar refractivity (Wildman–Crippen MR) is 124 cm³/mol. The van der Waals surface area contributed by atoms with Gasteiger partial charge in [0, 0.05) is 48.9 Å². The molecular weight excluding hydrogens is 431 g/mol. The number of carbonyl (C=O) groups is 1. The van der Waals surface area contributed by atoms with Gasteiger partial charge in [-0.15, -0.1) is 0 Å². The normalized spacial score (nSPS) is 11.5. The number of hydrogen-bond donors (Lipinski definition) is 3. The first-order valence-electron chi connectivity index (χ1n) is 10.1. The van der Waals surface area contributed by atoms with Gasteiger partial charge in [0.15, 0.2) is 0 Å². The van der Waals surface area contributed by atoms with Gasteiger partial charge in [0.1, 0.15) is 5.65 Å². The zero-order chi connectivity index (χ0) is 23.8. The molecular formula is C24H22F3N5O. The summed E-state index contributed by atoms with van der Waals surface area (Å²) in [6.45, 7) is 1.84. The Kier molecular flexibility index (Phi) is 5.71. The molecule has 0 aliphatic rings. The van der Waals surface area contributed by atoms with Crippen LogP contribution in [-0.4, -0.2) is 30.0 Å². The molecule has 9 heteroatoms. The molecule has 6 nitrogen and oxygen atoms in total. The predicted octanol–water partition coefficient (Wildman–Crippen LogP) is 5.95. The molecule has 0 atom stereocenters. The molecule has 2 aromatic carbocycles. The van der Waals surface area contributed by atoms with Gasteiger partial charge in [-0.05, 0) is 48.9 Å². The summed E-state index contributed by atoms with van der Waals surface area (Å²) in [5, 5.41) is 6.70. The number of aromatic nitrogens is 2. The minimum absolute atomic E-state index is 0.294. The Labute approximate surface area is 188 Å². The molecule has 0 saturated heterocycles. The highest BCUT2D eigenvalue weighted by molar-refractivity contribution is 6.12. The maximum atomic E-state index is 13.1. The molecule has 170 valence electrons. The lowest BCUT2D eigenvalue weighted by molar-refractivity contribution is -0.137. The number of alkyl halides is 3. The van der Waals surface area contributed by atoms with Crippen molar-refractivity contribution in [1.29, 1.82) is 0 Å². The van der Waals surface area contributed by atoms with Crippen LogP contribution in [0.1, 0.15) is 21.5 Å². The smallest absolute Gasteiger partial charge is 0.376 e. The van der Waals surface area contributed by atoms with Crippen LogP contribution in [0.15, 0.2) is 60.9 Å². The van der Waals surface area contributed by atoms with Gasteiger partial charge in [0.2, 0.25) is 0 Å². The number of pyridine rings is 1. The summed E-state index contributed by atoms with van der Waals surface area (Å²) in [7, 11) is 3.70. The number of fused-ring (bicyclic) bond motifs is 1.